The lowest BCUT2D eigenvalue weighted by Crippen LogP contribution is -2.57. The molecule has 3 heterocycles. The highest BCUT2D eigenvalue weighted by Crippen LogP contribution is 2.46. The third-order valence-electron chi connectivity index (χ3n) is 9.94. The average Bonchev–Trinajstić information content (AvgIpc) is 3.42. The number of ether oxygens (including phenoxy) is 2. The van der Waals surface area contributed by atoms with E-state index in [1.165, 1.54) is 0 Å². The molecule has 0 spiro atoms. The van der Waals surface area contributed by atoms with E-state index in [1.54, 1.807) is 40.5 Å². The molecule has 2 atom stereocenters. The van der Waals surface area contributed by atoms with Gasteiger partial charge in [0.2, 0.25) is 0 Å². The summed E-state index contributed by atoms with van der Waals surface area (Å²) in [5.41, 5.74) is -2.75. The molecule has 2 saturated carbocycles. The molecule has 15 heteroatoms. The summed E-state index contributed by atoms with van der Waals surface area (Å²) in [5.74, 6) is 1.43. The Morgan fingerprint density at radius 1 is 0.840 bits per heavy atom. The number of alkyl carbamates (subject to hydrolysis) is 2. The second-order valence-electron chi connectivity index (χ2n) is 16.9. The van der Waals surface area contributed by atoms with E-state index in [1.807, 2.05) is 41.5 Å². The topological polar surface area (TPSA) is 167 Å². The van der Waals surface area contributed by atoms with Crippen molar-refractivity contribution in [2.75, 3.05) is 51.1 Å². The second-order valence-corrected chi connectivity index (χ2v) is 16.9. The van der Waals surface area contributed by atoms with E-state index in [0.29, 0.717) is 17.8 Å². The van der Waals surface area contributed by atoms with Crippen molar-refractivity contribution in [2.24, 2.45) is 17.8 Å². The van der Waals surface area contributed by atoms with Crippen molar-refractivity contribution in [1.29, 1.82) is 0 Å². The van der Waals surface area contributed by atoms with Gasteiger partial charge < -0.3 is 34.8 Å². The van der Waals surface area contributed by atoms with Crippen molar-refractivity contribution in [3.8, 4) is 0 Å². The number of carbonyl (C=O) groups is 4. The van der Waals surface area contributed by atoms with E-state index in [-0.39, 0.29) is 61.8 Å². The second kappa shape index (κ2) is 14.4. The smallest absolute Gasteiger partial charge is 0.408 e. The maximum Gasteiger partial charge on any atom is 0.408 e. The summed E-state index contributed by atoms with van der Waals surface area (Å²) in [5, 5.41) is 8.46. The first-order valence-electron chi connectivity index (χ1n) is 18.0. The van der Waals surface area contributed by atoms with E-state index < -0.39 is 28.9 Å². The lowest BCUT2D eigenvalue weighted by Gasteiger charge is -2.38. The number of fused-ring (bicyclic) bond motifs is 1. The van der Waals surface area contributed by atoms with Crippen molar-refractivity contribution in [1.82, 2.24) is 34.9 Å². The molecule has 2 unspecified atom stereocenters. The standard InChI is InChI=1S/C35H56N8O7/c1-33(2,3)39-32(48)50-35(7,8)28(44)41-15-17-42(18-16-41)29(45)36-26-13-14-43(30(46)37-26)23-11-9-22(10-12-23)19-40-20-24-25(21-40)27(24)38-31(47)49-34(4,5)6/h13-14,22-25,27H,9-12,15-21H2,1-8H3,(H,38,47)(H,39,48)(H,36,37,45,46). The van der Waals surface area contributed by atoms with Crippen LogP contribution in [0.2, 0.25) is 0 Å². The Bertz CT molecular complexity index is 1470. The Labute approximate surface area is 294 Å². The number of rotatable bonds is 7. The van der Waals surface area contributed by atoms with Gasteiger partial charge >= 0.3 is 23.9 Å². The maximum absolute atomic E-state index is 13.1. The molecular formula is C35H56N8O7. The van der Waals surface area contributed by atoms with Gasteiger partial charge in [-0.25, -0.2) is 19.2 Å². The molecule has 2 saturated heterocycles. The number of hydrogen-bond donors (Lipinski definition) is 3. The average molecular weight is 701 g/mol. The van der Waals surface area contributed by atoms with Crippen molar-refractivity contribution in [3.05, 3.63) is 22.7 Å². The van der Waals surface area contributed by atoms with Crippen molar-refractivity contribution in [2.45, 2.75) is 110 Å². The zero-order valence-electron chi connectivity index (χ0n) is 30.9. The Morgan fingerprint density at radius 3 is 2.00 bits per heavy atom. The van der Waals surface area contributed by atoms with Crippen LogP contribution in [-0.2, 0) is 14.3 Å². The normalized spacial score (nSPS) is 25.7. The molecule has 5 amide bonds. The lowest BCUT2D eigenvalue weighted by molar-refractivity contribution is -0.149. The van der Waals surface area contributed by atoms with Crippen LogP contribution < -0.4 is 21.6 Å². The van der Waals surface area contributed by atoms with Crippen LogP contribution in [0.3, 0.4) is 0 Å². The fourth-order valence-corrected chi connectivity index (χ4v) is 7.44. The van der Waals surface area contributed by atoms with Gasteiger partial charge in [-0.2, -0.15) is 4.98 Å². The molecule has 1 aromatic rings. The van der Waals surface area contributed by atoms with Crippen LogP contribution in [0.5, 0.6) is 0 Å². The van der Waals surface area contributed by atoms with E-state index in [9.17, 15) is 24.0 Å². The van der Waals surface area contributed by atoms with Gasteiger partial charge in [0.1, 0.15) is 11.4 Å². The van der Waals surface area contributed by atoms with Crippen LogP contribution in [0.25, 0.3) is 0 Å². The number of amides is 5. The third kappa shape index (κ3) is 9.67. The highest BCUT2D eigenvalue weighted by molar-refractivity contribution is 5.89. The van der Waals surface area contributed by atoms with E-state index >= 15 is 0 Å². The molecular weight excluding hydrogens is 644 g/mol. The van der Waals surface area contributed by atoms with Gasteiger partial charge in [0.15, 0.2) is 5.60 Å². The zero-order chi connectivity index (χ0) is 36.6. The van der Waals surface area contributed by atoms with Crippen LogP contribution >= 0.6 is 0 Å². The number of piperidine rings is 1. The Hall–Kier alpha value is -3.88. The number of urea groups is 1. The van der Waals surface area contributed by atoms with E-state index in [2.05, 4.69) is 25.8 Å². The van der Waals surface area contributed by atoms with Crippen LogP contribution in [-0.4, -0.2) is 117 Å². The summed E-state index contributed by atoms with van der Waals surface area (Å²) in [6.45, 7) is 18.4. The molecule has 2 aliphatic carbocycles. The molecule has 0 bridgehead atoms. The highest BCUT2D eigenvalue weighted by atomic mass is 16.6. The van der Waals surface area contributed by atoms with E-state index in [4.69, 9.17) is 9.47 Å². The first kappa shape index (κ1) is 37.4. The number of nitrogens with one attached hydrogen (secondary N) is 3. The zero-order valence-corrected chi connectivity index (χ0v) is 30.9. The number of carbonyl (C=O) groups excluding carboxylic acids is 4. The van der Waals surface area contributed by atoms with Gasteiger partial charge in [0.25, 0.3) is 5.91 Å². The number of aromatic nitrogens is 2. The van der Waals surface area contributed by atoms with E-state index in [0.717, 1.165) is 45.3 Å². The van der Waals surface area contributed by atoms with Gasteiger partial charge in [-0.3, -0.25) is 14.7 Å². The predicted molar refractivity (Wildman–Crippen MR) is 187 cm³/mol. The fourth-order valence-electron chi connectivity index (χ4n) is 7.44. The quantitative estimate of drug-likeness (QED) is 0.386. The molecule has 0 radical (unpaired) electrons. The minimum atomic E-state index is -1.37. The molecule has 4 aliphatic rings. The van der Waals surface area contributed by atoms with Gasteiger partial charge in [0.05, 0.1) is 0 Å². The summed E-state index contributed by atoms with van der Waals surface area (Å²) < 4.78 is 12.5. The Balaban J connectivity index is 1.01. The predicted octanol–water partition coefficient (Wildman–Crippen LogP) is 3.41. The Kier molecular flexibility index (Phi) is 10.8. The molecule has 15 nitrogen and oxygen atoms in total. The molecule has 4 fully saturated rings. The fraction of sp³-hybridized carbons (Fsp3) is 0.771. The summed E-state index contributed by atoms with van der Waals surface area (Å²) in [4.78, 5) is 73.3. The van der Waals surface area contributed by atoms with Gasteiger partial charge in [-0.1, -0.05) is 0 Å². The minimum Gasteiger partial charge on any atom is -0.444 e. The third-order valence-corrected chi connectivity index (χ3v) is 9.94. The summed E-state index contributed by atoms with van der Waals surface area (Å²) in [6, 6.07) is 1.56. The first-order valence-corrected chi connectivity index (χ1v) is 18.0. The number of likely N-dealkylation sites (tertiary alicyclic amines) is 1. The number of anilines is 1. The van der Waals surface area contributed by atoms with Crippen LogP contribution in [0.4, 0.5) is 20.2 Å². The lowest BCUT2D eigenvalue weighted by atomic mass is 9.85. The summed E-state index contributed by atoms with van der Waals surface area (Å²) >= 11 is 0. The van der Waals surface area contributed by atoms with Crippen LogP contribution in [0.15, 0.2) is 17.1 Å². The van der Waals surface area contributed by atoms with Gasteiger partial charge in [0, 0.05) is 69.6 Å². The van der Waals surface area contributed by atoms with Crippen molar-refractivity contribution in [3.63, 3.8) is 0 Å². The minimum absolute atomic E-state index is 0.0729. The van der Waals surface area contributed by atoms with Crippen molar-refractivity contribution < 1.29 is 28.7 Å². The summed E-state index contributed by atoms with van der Waals surface area (Å²) in [6.07, 6.45) is 4.57. The SMILES string of the molecule is CC(C)(C)NC(=O)OC(C)(C)C(=O)N1CCN(C(=O)Nc2ccn(C3CCC(CN4CC5C(C4)C5NC(=O)OC(C)(C)C)CC3)c(=O)n2)CC1. The van der Waals surface area contributed by atoms with Crippen molar-refractivity contribution >= 4 is 29.9 Å². The highest BCUT2D eigenvalue weighted by Gasteiger charge is 2.56. The Morgan fingerprint density at radius 2 is 1.44 bits per heavy atom. The molecule has 2 aliphatic heterocycles. The molecule has 3 N–H and O–H groups in total. The molecule has 50 heavy (non-hydrogen) atoms. The largest absolute Gasteiger partial charge is 0.444 e. The molecule has 1 aromatic heterocycles. The monoisotopic (exact) mass is 700 g/mol. The summed E-state index contributed by atoms with van der Waals surface area (Å²) in [7, 11) is 0. The van der Waals surface area contributed by atoms with Crippen LogP contribution in [0, 0.1) is 17.8 Å². The van der Waals surface area contributed by atoms with Gasteiger partial charge in [-0.05, 0) is 105 Å². The number of piperazine rings is 1. The number of hydrogen-bond acceptors (Lipinski definition) is 9. The molecule has 5 rings (SSSR count). The maximum atomic E-state index is 13.1. The first-order chi connectivity index (χ1) is 23.3. The number of nitrogens with zero attached hydrogens (tertiary/aromatic N) is 5. The van der Waals surface area contributed by atoms with Gasteiger partial charge in [-0.15, -0.1) is 0 Å². The molecule has 278 valence electrons. The van der Waals surface area contributed by atoms with Crippen LogP contribution in [0.1, 0.15) is 87.1 Å². The molecule has 0 aromatic carbocycles.